The lowest BCUT2D eigenvalue weighted by Gasteiger charge is -2.22. The van der Waals surface area contributed by atoms with Crippen LogP contribution >= 0.6 is 0 Å². The van der Waals surface area contributed by atoms with Crippen LogP contribution < -0.4 is 5.32 Å². The first-order valence-corrected chi connectivity index (χ1v) is 8.46. The van der Waals surface area contributed by atoms with Gasteiger partial charge in [-0.1, -0.05) is 33.8 Å². The molecular formula is C18H31N3. The summed E-state index contributed by atoms with van der Waals surface area (Å²) in [6.45, 7) is 12.1. The first kappa shape index (κ1) is 16.4. The first-order chi connectivity index (χ1) is 10.0. The summed E-state index contributed by atoms with van der Waals surface area (Å²) < 4.78 is 0. The van der Waals surface area contributed by atoms with Crippen LogP contribution in [0.4, 0.5) is 0 Å². The third kappa shape index (κ3) is 6.15. The van der Waals surface area contributed by atoms with E-state index < -0.39 is 0 Å². The summed E-state index contributed by atoms with van der Waals surface area (Å²) in [4.78, 5) is 7.27. The van der Waals surface area contributed by atoms with Gasteiger partial charge in [0.25, 0.3) is 0 Å². The van der Waals surface area contributed by atoms with Crippen LogP contribution in [0.15, 0.2) is 18.3 Å². The zero-order valence-corrected chi connectivity index (χ0v) is 14.1. The second-order valence-electron chi connectivity index (χ2n) is 7.08. The van der Waals surface area contributed by atoms with Crippen molar-refractivity contribution in [1.29, 1.82) is 0 Å². The van der Waals surface area contributed by atoms with Crippen molar-refractivity contribution < 1.29 is 0 Å². The van der Waals surface area contributed by atoms with Gasteiger partial charge in [0.05, 0.1) is 5.69 Å². The van der Waals surface area contributed by atoms with E-state index in [9.17, 15) is 0 Å². The van der Waals surface area contributed by atoms with E-state index in [0.717, 1.165) is 25.0 Å². The molecule has 0 unspecified atom stereocenters. The van der Waals surface area contributed by atoms with E-state index in [2.05, 4.69) is 55.0 Å². The Bertz CT molecular complexity index is 407. The van der Waals surface area contributed by atoms with Crippen LogP contribution in [-0.4, -0.2) is 28.5 Å². The zero-order valence-electron chi connectivity index (χ0n) is 14.1. The summed E-state index contributed by atoms with van der Waals surface area (Å²) in [5.41, 5.74) is 2.48. The molecule has 0 amide bonds. The maximum Gasteiger partial charge on any atom is 0.0544 e. The van der Waals surface area contributed by atoms with Crippen molar-refractivity contribution in [2.24, 2.45) is 5.92 Å². The van der Waals surface area contributed by atoms with Crippen molar-refractivity contribution in [3.05, 3.63) is 29.6 Å². The van der Waals surface area contributed by atoms with Crippen molar-refractivity contribution in [3.63, 3.8) is 0 Å². The molecule has 1 N–H and O–H groups in total. The van der Waals surface area contributed by atoms with E-state index in [1.165, 1.54) is 37.1 Å². The summed E-state index contributed by atoms with van der Waals surface area (Å²) >= 11 is 0. The maximum atomic E-state index is 4.65. The van der Waals surface area contributed by atoms with Crippen LogP contribution in [0, 0.1) is 5.92 Å². The van der Waals surface area contributed by atoms with Crippen molar-refractivity contribution in [2.75, 3.05) is 6.54 Å². The lowest BCUT2D eigenvalue weighted by Crippen LogP contribution is -2.28. The fourth-order valence-corrected chi connectivity index (χ4v) is 2.44. The second kappa shape index (κ2) is 7.90. The van der Waals surface area contributed by atoms with Gasteiger partial charge in [0, 0.05) is 31.4 Å². The third-order valence-electron chi connectivity index (χ3n) is 4.02. The fourth-order valence-electron chi connectivity index (χ4n) is 2.44. The molecule has 2 rings (SSSR count). The van der Waals surface area contributed by atoms with Gasteiger partial charge in [-0.2, -0.15) is 0 Å². The number of hydrogen-bond donors (Lipinski definition) is 1. The molecule has 0 aliphatic heterocycles. The minimum Gasteiger partial charge on any atom is -0.310 e. The Hall–Kier alpha value is -0.930. The Morgan fingerprint density at radius 2 is 2.00 bits per heavy atom. The Labute approximate surface area is 130 Å². The Kier molecular flexibility index (Phi) is 6.19. The van der Waals surface area contributed by atoms with Crippen molar-refractivity contribution >= 4 is 0 Å². The number of aromatic nitrogens is 1. The average molecular weight is 289 g/mol. The van der Waals surface area contributed by atoms with E-state index in [1.54, 1.807) is 0 Å². The SMILES string of the molecule is CC(C)CCN(Cc1ccc(CNC(C)C)cn1)C1CC1. The van der Waals surface area contributed by atoms with Crippen LogP contribution in [0.1, 0.15) is 58.2 Å². The molecule has 1 aliphatic rings. The van der Waals surface area contributed by atoms with Gasteiger partial charge in [-0.3, -0.25) is 9.88 Å². The molecule has 1 aromatic rings. The van der Waals surface area contributed by atoms with E-state index >= 15 is 0 Å². The number of rotatable bonds is 9. The molecule has 0 bridgehead atoms. The smallest absolute Gasteiger partial charge is 0.0544 e. The number of nitrogens with one attached hydrogen (secondary N) is 1. The van der Waals surface area contributed by atoms with Crippen LogP contribution in [0.2, 0.25) is 0 Å². The molecule has 3 nitrogen and oxygen atoms in total. The maximum absolute atomic E-state index is 4.65. The molecule has 118 valence electrons. The molecule has 21 heavy (non-hydrogen) atoms. The van der Waals surface area contributed by atoms with Crippen LogP contribution in [0.25, 0.3) is 0 Å². The van der Waals surface area contributed by atoms with Crippen molar-refractivity contribution in [2.45, 2.75) is 72.1 Å². The van der Waals surface area contributed by atoms with Gasteiger partial charge in [-0.25, -0.2) is 0 Å². The van der Waals surface area contributed by atoms with Crippen LogP contribution in [-0.2, 0) is 13.1 Å². The summed E-state index contributed by atoms with van der Waals surface area (Å²) in [6.07, 6.45) is 6.05. The summed E-state index contributed by atoms with van der Waals surface area (Å²) in [6, 6.07) is 5.74. The number of hydrogen-bond acceptors (Lipinski definition) is 3. The van der Waals surface area contributed by atoms with Gasteiger partial charge in [-0.05, 0) is 43.4 Å². The number of pyridine rings is 1. The van der Waals surface area contributed by atoms with Gasteiger partial charge in [0.1, 0.15) is 0 Å². The molecule has 1 saturated carbocycles. The highest BCUT2D eigenvalue weighted by Crippen LogP contribution is 2.28. The van der Waals surface area contributed by atoms with Crippen LogP contribution in [0.3, 0.4) is 0 Å². The van der Waals surface area contributed by atoms with E-state index in [0.29, 0.717) is 6.04 Å². The Morgan fingerprint density at radius 3 is 2.52 bits per heavy atom. The van der Waals surface area contributed by atoms with E-state index in [1.807, 2.05) is 6.20 Å². The number of nitrogens with zero attached hydrogens (tertiary/aromatic N) is 2. The zero-order chi connectivity index (χ0) is 15.2. The minimum absolute atomic E-state index is 0.520. The van der Waals surface area contributed by atoms with Crippen molar-refractivity contribution in [3.8, 4) is 0 Å². The minimum atomic E-state index is 0.520. The molecule has 0 atom stereocenters. The lowest BCUT2D eigenvalue weighted by molar-refractivity contribution is 0.237. The highest BCUT2D eigenvalue weighted by molar-refractivity contribution is 5.14. The van der Waals surface area contributed by atoms with E-state index in [4.69, 9.17) is 0 Å². The third-order valence-corrected chi connectivity index (χ3v) is 4.02. The van der Waals surface area contributed by atoms with E-state index in [-0.39, 0.29) is 0 Å². The molecule has 0 radical (unpaired) electrons. The fraction of sp³-hybridized carbons (Fsp3) is 0.722. The molecule has 1 heterocycles. The molecule has 0 aromatic carbocycles. The predicted octanol–water partition coefficient (Wildman–Crippen LogP) is 3.59. The van der Waals surface area contributed by atoms with Gasteiger partial charge in [0.2, 0.25) is 0 Å². The highest BCUT2D eigenvalue weighted by Gasteiger charge is 2.28. The largest absolute Gasteiger partial charge is 0.310 e. The predicted molar refractivity (Wildman–Crippen MR) is 89.1 cm³/mol. The Balaban J connectivity index is 1.85. The van der Waals surface area contributed by atoms with Gasteiger partial charge in [0.15, 0.2) is 0 Å². The second-order valence-corrected chi connectivity index (χ2v) is 7.08. The highest BCUT2D eigenvalue weighted by atomic mass is 15.2. The molecule has 1 aromatic heterocycles. The molecule has 3 heteroatoms. The monoisotopic (exact) mass is 289 g/mol. The molecule has 0 saturated heterocycles. The van der Waals surface area contributed by atoms with Crippen molar-refractivity contribution in [1.82, 2.24) is 15.2 Å². The molecule has 0 spiro atoms. The summed E-state index contributed by atoms with van der Waals surface area (Å²) in [5, 5.41) is 3.43. The quantitative estimate of drug-likeness (QED) is 0.753. The standard InChI is InChI=1S/C18H31N3/c1-14(2)9-10-21(18-7-8-18)13-17-6-5-16(12-20-17)11-19-15(3)4/h5-6,12,14-15,18-19H,7-11,13H2,1-4H3. The molecule has 1 aliphatic carbocycles. The first-order valence-electron chi connectivity index (χ1n) is 8.46. The van der Waals surface area contributed by atoms with Gasteiger partial charge >= 0.3 is 0 Å². The summed E-state index contributed by atoms with van der Waals surface area (Å²) in [5.74, 6) is 0.781. The molecule has 1 fully saturated rings. The van der Waals surface area contributed by atoms with Gasteiger partial charge in [-0.15, -0.1) is 0 Å². The topological polar surface area (TPSA) is 28.2 Å². The summed E-state index contributed by atoms with van der Waals surface area (Å²) in [7, 11) is 0. The van der Waals surface area contributed by atoms with Gasteiger partial charge < -0.3 is 5.32 Å². The lowest BCUT2D eigenvalue weighted by atomic mass is 10.1. The average Bonchev–Trinajstić information content (AvgIpc) is 3.26. The normalized spacial score (nSPS) is 15.4. The Morgan fingerprint density at radius 1 is 1.24 bits per heavy atom. The molecular weight excluding hydrogens is 258 g/mol. The van der Waals surface area contributed by atoms with Crippen LogP contribution in [0.5, 0.6) is 0 Å².